The number of carbonyl (C=O) groups excluding carboxylic acids is 2. The van der Waals surface area contributed by atoms with Crippen LogP contribution in [0.25, 0.3) is 0 Å². The minimum absolute atomic E-state index is 0.403. The highest BCUT2D eigenvalue weighted by molar-refractivity contribution is 5.81. The predicted octanol–water partition coefficient (Wildman–Crippen LogP) is 1.45. The Morgan fingerprint density at radius 3 is 2.29 bits per heavy atom. The number of rotatable bonds is 4. The van der Waals surface area contributed by atoms with Gasteiger partial charge in [-0.05, 0) is 20.8 Å². The van der Waals surface area contributed by atoms with Crippen LogP contribution in [0.3, 0.4) is 0 Å². The highest BCUT2D eigenvalue weighted by atomic mass is 16.6. The Balaban J connectivity index is 4.36. The lowest BCUT2D eigenvalue weighted by atomic mass is 10.0. The molecule has 0 amide bonds. The van der Waals surface area contributed by atoms with E-state index in [2.05, 4.69) is 6.58 Å². The van der Waals surface area contributed by atoms with E-state index in [0.717, 1.165) is 6.08 Å². The second kappa shape index (κ2) is 4.79. The van der Waals surface area contributed by atoms with Gasteiger partial charge in [-0.2, -0.15) is 0 Å². The van der Waals surface area contributed by atoms with Gasteiger partial charge in [0.1, 0.15) is 11.7 Å². The van der Waals surface area contributed by atoms with Crippen LogP contribution in [0, 0.1) is 0 Å². The van der Waals surface area contributed by atoms with E-state index in [9.17, 15) is 9.59 Å². The highest BCUT2D eigenvalue weighted by Crippen LogP contribution is 2.18. The summed E-state index contributed by atoms with van der Waals surface area (Å²) >= 11 is 0. The summed E-state index contributed by atoms with van der Waals surface area (Å²) in [5.74, 6) is -0.936. The standard InChI is InChI=1S/C10H16O4/c1-6-9(12)14-10(4,5)7(2)13-8(3)11/h6-7H,1H2,2-5H3. The summed E-state index contributed by atoms with van der Waals surface area (Å²) < 4.78 is 9.93. The van der Waals surface area contributed by atoms with Crippen LogP contribution in [0.2, 0.25) is 0 Å². The van der Waals surface area contributed by atoms with Crippen molar-refractivity contribution in [2.45, 2.75) is 39.4 Å². The Hall–Kier alpha value is -1.32. The average molecular weight is 200 g/mol. The molecule has 0 saturated carbocycles. The zero-order valence-corrected chi connectivity index (χ0v) is 8.99. The van der Waals surface area contributed by atoms with Crippen LogP contribution in [0.15, 0.2) is 12.7 Å². The van der Waals surface area contributed by atoms with Crippen molar-refractivity contribution < 1.29 is 19.1 Å². The number of carbonyl (C=O) groups is 2. The number of ether oxygens (including phenoxy) is 2. The Morgan fingerprint density at radius 1 is 1.43 bits per heavy atom. The van der Waals surface area contributed by atoms with Crippen LogP contribution < -0.4 is 0 Å². The summed E-state index contributed by atoms with van der Waals surface area (Å²) in [5.41, 5.74) is -0.850. The average Bonchev–Trinajstić information content (AvgIpc) is 2.02. The summed E-state index contributed by atoms with van der Waals surface area (Å²) in [6.45, 7) is 9.59. The van der Waals surface area contributed by atoms with Crippen molar-refractivity contribution in [2.75, 3.05) is 0 Å². The van der Waals surface area contributed by atoms with E-state index in [0.29, 0.717) is 0 Å². The fourth-order valence-electron chi connectivity index (χ4n) is 0.775. The molecular formula is C10H16O4. The van der Waals surface area contributed by atoms with Gasteiger partial charge in [0, 0.05) is 13.0 Å². The van der Waals surface area contributed by atoms with Gasteiger partial charge in [0.2, 0.25) is 0 Å². The van der Waals surface area contributed by atoms with Crippen LogP contribution in [0.1, 0.15) is 27.7 Å². The SMILES string of the molecule is C=CC(=O)OC(C)(C)C(C)OC(C)=O. The minimum Gasteiger partial charge on any atom is -0.459 e. The molecule has 4 nitrogen and oxygen atoms in total. The maximum absolute atomic E-state index is 10.9. The van der Waals surface area contributed by atoms with Crippen molar-refractivity contribution in [3.05, 3.63) is 12.7 Å². The van der Waals surface area contributed by atoms with Crippen LogP contribution in [-0.4, -0.2) is 23.6 Å². The molecule has 1 atom stereocenters. The molecule has 80 valence electrons. The van der Waals surface area contributed by atoms with E-state index in [4.69, 9.17) is 9.47 Å². The summed E-state index contributed by atoms with van der Waals surface area (Å²) in [4.78, 5) is 21.6. The molecular weight excluding hydrogens is 184 g/mol. The second-order valence-electron chi connectivity index (χ2n) is 3.48. The number of hydrogen-bond donors (Lipinski definition) is 0. The Morgan fingerprint density at radius 2 is 1.93 bits per heavy atom. The van der Waals surface area contributed by atoms with Crippen molar-refractivity contribution in [1.29, 1.82) is 0 Å². The molecule has 0 radical (unpaired) electrons. The van der Waals surface area contributed by atoms with Gasteiger partial charge in [0.05, 0.1) is 0 Å². The first-order valence-corrected chi connectivity index (χ1v) is 4.32. The molecule has 0 rings (SSSR count). The summed E-state index contributed by atoms with van der Waals surface area (Å²) in [5, 5.41) is 0. The van der Waals surface area contributed by atoms with E-state index in [1.807, 2.05) is 0 Å². The zero-order chi connectivity index (χ0) is 11.4. The first-order chi connectivity index (χ1) is 6.29. The van der Waals surface area contributed by atoms with Gasteiger partial charge in [-0.1, -0.05) is 6.58 Å². The molecule has 0 aliphatic carbocycles. The zero-order valence-electron chi connectivity index (χ0n) is 8.99. The fraction of sp³-hybridized carbons (Fsp3) is 0.600. The van der Waals surface area contributed by atoms with E-state index in [1.165, 1.54) is 6.92 Å². The first-order valence-electron chi connectivity index (χ1n) is 4.32. The van der Waals surface area contributed by atoms with E-state index < -0.39 is 23.6 Å². The third-order valence-electron chi connectivity index (χ3n) is 1.85. The van der Waals surface area contributed by atoms with Gasteiger partial charge >= 0.3 is 11.9 Å². The molecule has 14 heavy (non-hydrogen) atoms. The smallest absolute Gasteiger partial charge is 0.330 e. The monoisotopic (exact) mass is 200 g/mol. The molecule has 0 spiro atoms. The lowest BCUT2D eigenvalue weighted by Gasteiger charge is -2.30. The molecule has 0 fully saturated rings. The molecule has 1 unspecified atom stereocenters. The number of esters is 2. The Bertz CT molecular complexity index is 243. The fourth-order valence-corrected chi connectivity index (χ4v) is 0.775. The highest BCUT2D eigenvalue weighted by Gasteiger charge is 2.31. The molecule has 0 aromatic rings. The molecule has 0 aromatic heterocycles. The van der Waals surface area contributed by atoms with Crippen LogP contribution in [0.5, 0.6) is 0 Å². The first kappa shape index (κ1) is 12.7. The molecule has 0 bridgehead atoms. The van der Waals surface area contributed by atoms with E-state index in [1.54, 1.807) is 20.8 Å². The third-order valence-corrected chi connectivity index (χ3v) is 1.85. The topological polar surface area (TPSA) is 52.6 Å². The van der Waals surface area contributed by atoms with E-state index in [-0.39, 0.29) is 0 Å². The summed E-state index contributed by atoms with van der Waals surface area (Å²) in [6.07, 6.45) is 0.575. The number of hydrogen-bond acceptors (Lipinski definition) is 4. The van der Waals surface area contributed by atoms with Gasteiger partial charge < -0.3 is 9.47 Å². The summed E-state index contributed by atoms with van der Waals surface area (Å²) in [7, 11) is 0. The maximum atomic E-state index is 10.9. The minimum atomic E-state index is -0.850. The molecule has 0 saturated heterocycles. The van der Waals surface area contributed by atoms with Gasteiger partial charge in [-0.3, -0.25) is 4.79 Å². The van der Waals surface area contributed by atoms with Crippen LogP contribution in [0.4, 0.5) is 0 Å². The maximum Gasteiger partial charge on any atom is 0.330 e. The Labute approximate surface area is 83.9 Å². The molecule has 0 N–H and O–H groups in total. The van der Waals surface area contributed by atoms with Crippen molar-refractivity contribution in [1.82, 2.24) is 0 Å². The van der Waals surface area contributed by atoms with Crippen molar-refractivity contribution in [3.8, 4) is 0 Å². The molecule has 0 aliphatic heterocycles. The van der Waals surface area contributed by atoms with Crippen molar-refractivity contribution in [2.24, 2.45) is 0 Å². The third kappa shape index (κ3) is 4.07. The second-order valence-corrected chi connectivity index (χ2v) is 3.48. The largest absolute Gasteiger partial charge is 0.459 e. The normalized spacial score (nSPS) is 12.9. The van der Waals surface area contributed by atoms with Gasteiger partial charge in [-0.15, -0.1) is 0 Å². The quantitative estimate of drug-likeness (QED) is 0.509. The lowest BCUT2D eigenvalue weighted by Crippen LogP contribution is -2.41. The lowest BCUT2D eigenvalue weighted by molar-refractivity contribution is -0.174. The van der Waals surface area contributed by atoms with E-state index >= 15 is 0 Å². The summed E-state index contributed by atoms with van der Waals surface area (Å²) in [6, 6.07) is 0. The van der Waals surface area contributed by atoms with Gasteiger partial charge in [-0.25, -0.2) is 4.79 Å². The predicted molar refractivity (Wildman–Crippen MR) is 51.6 cm³/mol. The Kier molecular flexibility index (Phi) is 4.34. The molecule has 4 heteroatoms. The van der Waals surface area contributed by atoms with Crippen LogP contribution >= 0.6 is 0 Å². The molecule has 0 aliphatic rings. The van der Waals surface area contributed by atoms with Crippen LogP contribution in [-0.2, 0) is 19.1 Å². The van der Waals surface area contributed by atoms with Crippen molar-refractivity contribution >= 4 is 11.9 Å². The van der Waals surface area contributed by atoms with Gasteiger partial charge in [0.15, 0.2) is 0 Å². The molecule has 0 heterocycles. The van der Waals surface area contributed by atoms with Gasteiger partial charge in [0.25, 0.3) is 0 Å². The molecule has 0 aromatic carbocycles. The van der Waals surface area contributed by atoms with Crippen molar-refractivity contribution in [3.63, 3.8) is 0 Å².